The minimum absolute atomic E-state index is 0.153. The van der Waals surface area contributed by atoms with Gasteiger partial charge in [-0.1, -0.05) is 35.3 Å². The number of ether oxygens (including phenoxy) is 1. The molecule has 0 unspecified atom stereocenters. The summed E-state index contributed by atoms with van der Waals surface area (Å²) in [6.07, 6.45) is 1.28. The van der Waals surface area contributed by atoms with E-state index in [1.807, 2.05) is 0 Å². The molecule has 3 aromatic rings. The van der Waals surface area contributed by atoms with E-state index in [9.17, 15) is 19.1 Å². The molecule has 2 heterocycles. The zero-order chi connectivity index (χ0) is 25.5. The van der Waals surface area contributed by atoms with Gasteiger partial charge in [-0.15, -0.1) is 0 Å². The second kappa shape index (κ2) is 9.36. The fourth-order valence-electron chi connectivity index (χ4n) is 3.79. The van der Waals surface area contributed by atoms with Gasteiger partial charge >= 0.3 is 12.1 Å². The zero-order valence-corrected chi connectivity index (χ0v) is 20.7. The van der Waals surface area contributed by atoms with Crippen molar-refractivity contribution in [3.8, 4) is 5.69 Å². The number of aromatic carboxylic acids is 1. The summed E-state index contributed by atoms with van der Waals surface area (Å²) in [5, 5.41) is 14.8. The maximum atomic E-state index is 13.5. The lowest BCUT2D eigenvalue weighted by atomic mass is 9.99. The van der Waals surface area contributed by atoms with Crippen LogP contribution in [0.15, 0.2) is 42.5 Å². The van der Waals surface area contributed by atoms with Gasteiger partial charge in [0.2, 0.25) is 0 Å². The Labute approximate surface area is 211 Å². The Kier molecular flexibility index (Phi) is 6.62. The van der Waals surface area contributed by atoms with Crippen LogP contribution >= 0.6 is 23.2 Å². The fraction of sp³-hybridized carbons (Fsp3) is 0.240. The SMILES string of the molecule is CC(C)(C)OC(=O)N1CCc2c(C(=O)O)nn(-c3ccc(Cl)cc3Cl)c2C1=Cc1ccc(F)cc1. The van der Waals surface area contributed by atoms with E-state index in [0.717, 1.165) is 0 Å². The highest BCUT2D eigenvalue weighted by atomic mass is 35.5. The number of aromatic nitrogens is 2. The van der Waals surface area contributed by atoms with E-state index >= 15 is 0 Å². The highest BCUT2D eigenvalue weighted by molar-refractivity contribution is 6.35. The van der Waals surface area contributed by atoms with E-state index in [1.165, 1.54) is 27.8 Å². The summed E-state index contributed by atoms with van der Waals surface area (Å²) < 4.78 is 20.5. The number of carboxylic acids is 1. The van der Waals surface area contributed by atoms with Gasteiger partial charge in [0.1, 0.15) is 11.4 Å². The molecule has 0 bridgehead atoms. The van der Waals surface area contributed by atoms with Crippen LogP contribution in [0.1, 0.15) is 48.1 Å². The van der Waals surface area contributed by atoms with Gasteiger partial charge in [-0.2, -0.15) is 5.10 Å². The number of amides is 1. The predicted molar refractivity (Wildman–Crippen MR) is 131 cm³/mol. The van der Waals surface area contributed by atoms with Crippen molar-refractivity contribution in [2.45, 2.75) is 32.8 Å². The van der Waals surface area contributed by atoms with Crippen LogP contribution in [0, 0.1) is 5.82 Å². The third-order valence-electron chi connectivity index (χ3n) is 5.23. The van der Waals surface area contributed by atoms with Crippen LogP contribution in [0.3, 0.4) is 0 Å². The number of hydrogen-bond acceptors (Lipinski definition) is 4. The van der Waals surface area contributed by atoms with E-state index in [2.05, 4.69) is 5.10 Å². The lowest BCUT2D eigenvalue weighted by Gasteiger charge is -2.32. The number of fused-ring (bicyclic) bond motifs is 1. The van der Waals surface area contributed by atoms with Crippen molar-refractivity contribution in [3.05, 3.63) is 80.8 Å². The van der Waals surface area contributed by atoms with E-state index < -0.39 is 23.5 Å². The number of halogens is 3. The molecule has 10 heteroatoms. The minimum Gasteiger partial charge on any atom is -0.476 e. The normalized spacial score (nSPS) is 14.7. The Morgan fingerprint density at radius 3 is 2.43 bits per heavy atom. The van der Waals surface area contributed by atoms with Crippen molar-refractivity contribution in [1.29, 1.82) is 0 Å². The van der Waals surface area contributed by atoms with E-state index in [0.29, 0.717) is 33.2 Å². The molecule has 7 nitrogen and oxygen atoms in total. The van der Waals surface area contributed by atoms with E-state index in [4.69, 9.17) is 27.9 Å². The standard InChI is InChI=1S/C25H22Cl2FN3O4/c1-25(2,3)35-24(34)30-11-10-17-21(23(32)33)29-31(19-9-6-15(26)13-18(19)27)22(17)20(30)12-14-4-7-16(28)8-5-14/h4-9,12-13H,10-11H2,1-3H3,(H,32,33). The molecule has 0 radical (unpaired) electrons. The van der Waals surface area contributed by atoms with Crippen LogP contribution in [-0.4, -0.2) is 44.0 Å². The molecule has 1 aromatic heterocycles. The molecule has 0 spiro atoms. The average Bonchev–Trinajstić information content (AvgIpc) is 3.14. The summed E-state index contributed by atoms with van der Waals surface area (Å²) in [6.45, 7) is 5.42. The van der Waals surface area contributed by atoms with Crippen molar-refractivity contribution in [2.24, 2.45) is 0 Å². The summed E-state index contributed by atoms with van der Waals surface area (Å²) >= 11 is 12.5. The van der Waals surface area contributed by atoms with Gasteiger partial charge < -0.3 is 9.84 Å². The number of nitrogens with zero attached hydrogens (tertiary/aromatic N) is 3. The topological polar surface area (TPSA) is 84.7 Å². The number of carbonyl (C=O) groups excluding carboxylic acids is 1. The number of carbonyl (C=O) groups is 2. The van der Waals surface area contributed by atoms with Gasteiger partial charge in [0.05, 0.1) is 22.1 Å². The first kappa shape index (κ1) is 24.8. The molecular formula is C25H22Cl2FN3O4. The lowest BCUT2D eigenvalue weighted by Crippen LogP contribution is -2.39. The van der Waals surface area contributed by atoms with Gasteiger partial charge in [-0.05, 0) is 69.2 Å². The molecule has 182 valence electrons. The van der Waals surface area contributed by atoms with Crippen LogP contribution in [0.4, 0.5) is 9.18 Å². The third-order valence-corrected chi connectivity index (χ3v) is 5.77. The summed E-state index contributed by atoms with van der Waals surface area (Å²) in [4.78, 5) is 26.7. The first-order valence-electron chi connectivity index (χ1n) is 10.7. The van der Waals surface area contributed by atoms with Gasteiger partial charge in [0, 0.05) is 17.1 Å². The Morgan fingerprint density at radius 2 is 1.83 bits per heavy atom. The molecule has 0 aliphatic carbocycles. The number of benzene rings is 2. The summed E-state index contributed by atoms with van der Waals surface area (Å²) in [5.74, 6) is -1.62. The minimum atomic E-state index is -1.21. The Bertz CT molecular complexity index is 1340. The highest BCUT2D eigenvalue weighted by Gasteiger charge is 2.36. The molecule has 35 heavy (non-hydrogen) atoms. The molecule has 1 aliphatic heterocycles. The van der Waals surface area contributed by atoms with Gasteiger partial charge in [0.15, 0.2) is 5.69 Å². The molecule has 0 saturated heterocycles. The van der Waals surface area contributed by atoms with E-state index in [-0.39, 0.29) is 23.7 Å². The van der Waals surface area contributed by atoms with Crippen LogP contribution in [0.5, 0.6) is 0 Å². The third kappa shape index (κ3) is 5.18. The monoisotopic (exact) mass is 517 g/mol. The molecule has 1 N–H and O–H groups in total. The molecule has 0 saturated carbocycles. The van der Waals surface area contributed by atoms with Gasteiger partial charge in [-0.25, -0.2) is 18.7 Å². The summed E-state index contributed by atoms with van der Waals surface area (Å²) in [7, 11) is 0. The highest BCUT2D eigenvalue weighted by Crippen LogP contribution is 2.37. The van der Waals surface area contributed by atoms with Crippen molar-refractivity contribution in [1.82, 2.24) is 14.7 Å². The van der Waals surface area contributed by atoms with Crippen LogP contribution in [-0.2, 0) is 11.2 Å². The smallest absolute Gasteiger partial charge is 0.414 e. The number of hydrogen-bond donors (Lipinski definition) is 1. The molecule has 2 aromatic carbocycles. The Hall–Kier alpha value is -3.36. The fourth-order valence-corrected chi connectivity index (χ4v) is 4.28. The quantitative estimate of drug-likeness (QED) is 0.440. The molecule has 4 rings (SSSR count). The first-order chi connectivity index (χ1) is 16.4. The maximum Gasteiger partial charge on any atom is 0.414 e. The van der Waals surface area contributed by atoms with Gasteiger partial charge in [-0.3, -0.25) is 4.90 Å². The molecule has 1 aliphatic rings. The summed E-state index contributed by atoms with van der Waals surface area (Å²) in [6, 6.07) is 10.4. The van der Waals surface area contributed by atoms with Crippen molar-refractivity contribution >= 4 is 47.0 Å². The zero-order valence-electron chi connectivity index (χ0n) is 19.2. The van der Waals surface area contributed by atoms with Crippen LogP contribution in [0.2, 0.25) is 10.0 Å². The van der Waals surface area contributed by atoms with Crippen LogP contribution < -0.4 is 0 Å². The van der Waals surface area contributed by atoms with Crippen molar-refractivity contribution in [3.63, 3.8) is 0 Å². The second-order valence-corrected chi connectivity index (χ2v) is 9.80. The predicted octanol–water partition coefficient (Wildman–Crippen LogP) is 6.31. The first-order valence-corrected chi connectivity index (χ1v) is 11.5. The second-order valence-electron chi connectivity index (χ2n) is 8.95. The number of rotatable bonds is 3. The van der Waals surface area contributed by atoms with Crippen molar-refractivity contribution < 1.29 is 23.8 Å². The molecule has 0 atom stereocenters. The largest absolute Gasteiger partial charge is 0.476 e. The van der Waals surface area contributed by atoms with Crippen LogP contribution in [0.25, 0.3) is 17.5 Å². The van der Waals surface area contributed by atoms with E-state index in [1.54, 1.807) is 51.1 Å². The average molecular weight is 518 g/mol. The number of carboxylic acid groups (broad SMARTS) is 1. The molecule has 0 fully saturated rings. The van der Waals surface area contributed by atoms with Gasteiger partial charge in [0.25, 0.3) is 0 Å². The lowest BCUT2D eigenvalue weighted by molar-refractivity contribution is 0.0351. The Morgan fingerprint density at radius 1 is 1.14 bits per heavy atom. The molecular weight excluding hydrogens is 496 g/mol. The van der Waals surface area contributed by atoms with Crippen molar-refractivity contribution in [2.75, 3.05) is 6.54 Å². The maximum absolute atomic E-state index is 13.5. The Balaban J connectivity index is 1.98. The molecule has 1 amide bonds. The summed E-state index contributed by atoms with van der Waals surface area (Å²) in [5.41, 5.74) is 1.22.